The van der Waals surface area contributed by atoms with E-state index < -0.39 is 5.54 Å². The molecule has 1 atom stereocenters. The third-order valence-electron chi connectivity index (χ3n) is 7.84. The Labute approximate surface area is 206 Å². The Morgan fingerprint density at radius 1 is 1.17 bits per heavy atom. The largest absolute Gasteiger partial charge is 0.492 e. The lowest BCUT2D eigenvalue weighted by atomic mass is 9.91. The number of anilines is 3. The SMILES string of the molecule is O=C1NCCC12Cc1cnc(Nc3ccc(OCCN4CCOCC4)cc3)nc1N2C1CCCC1. The van der Waals surface area contributed by atoms with Crippen molar-refractivity contribution in [2.45, 2.75) is 50.1 Å². The number of morpholine rings is 1. The number of benzene rings is 1. The van der Waals surface area contributed by atoms with Crippen molar-refractivity contribution in [2.75, 3.05) is 56.2 Å². The van der Waals surface area contributed by atoms with Crippen LogP contribution >= 0.6 is 0 Å². The average molecular weight is 479 g/mol. The highest BCUT2D eigenvalue weighted by atomic mass is 16.5. The summed E-state index contributed by atoms with van der Waals surface area (Å²) in [5, 5.41) is 6.41. The van der Waals surface area contributed by atoms with Gasteiger partial charge in [-0.15, -0.1) is 0 Å². The van der Waals surface area contributed by atoms with Crippen molar-refractivity contribution in [2.24, 2.45) is 0 Å². The smallest absolute Gasteiger partial charge is 0.246 e. The van der Waals surface area contributed by atoms with Crippen molar-refractivity contribution in [3.63, 3.8) is 0 Å². The topological polar surface area (TPSA) is 91.8 Å². The van der Waals surface area contributed by atoms with E-state index in [0.717, 1.165) is 81.5 Å². The second-order valence-electron chi connectivity index (χ2n) is 10.0. The summed E-state index contributed by atoms with van der Waals surface area (Å²) >= 11 is 0. The molecule has 2 aromatic rings. The van der Waals surface area contributed by atoms with E-state index in [9.17, 15) is 4.79 Å². The normalized spacial score (nSPS) is 24.7. The fourth-order valence-corrected chi connectivity index (χ4v) is 6.02. The Hall–Kier alpha value is -2.91. The predicted octanol–water partition coefficient (Wildman–Crippen LogP) is 2.50. The molecule has 2 N–H and O–H groups in total. The van der Waals surface area contributed by atoms with Crippen molar-refractivity contribution in [3.8, 4) is 5.75 Å². The van der Waals surface area contributed by atoms with Crippen LogP contribution in [0.25, 0.3) is 0 Å². The van der Waals surface area contributed by atoms with Gasteiger partial charge >= 0.3 is 0 Å². The molecule has 1 aromatic carbocycles. The van der Waals surface area contributed by atoms with E-state index in [1.54, 1.807) is 0 Å². The number of amides is 1. The minimum atomic E-state index is -0.495. The zero-order valence-electron chi connectivity index (χ0n) is 20.2. The van der Waals surface area contributed by atoms with Gasteiger partial charge in [0.15, 0.2) is 0 Å². The van der Waals surface area contributed by atoms with E-state index in [2.05, 4.69) is 25.4 Å². The first kappa shape index (κ1) is 22.5. The van der Waals surface area contributed by atoms with Crippen molar-refractivity contribution in [1.29, 1.82) is 0 Å². The Kier molecular flexibility index (Phi) is 6.20. The molecular formula is C26H34N6O3. The van der Waals surface area contributed by atoms with Crippen molar-refractivity contribution in [1.82, 2.24) is 20.2 Å². The minimum Gasteiger partial charge on any atom is -0.492 e. The number of carbonyl (C=O) groups excluding carboxylic acids is 1. The molecule has 1 unspecified atom stereocenters. The average Bonchev–Trinajstić information content (AvgIpc) is 3.60. The van der Waals surface area contributed by atoms with Gasteiger partial charge < -0.3 is 25.0 Å². The number of nitrogens with one attached hydrogen (secondary N) is 2. The maximum atomic E-state index is 13.0. The van der Waals surface area contributed by atoms with Gasteiger partial charge in [-0.2, -0.15) is 4.98 Å². The van der Waals surface area contributed by atoms with Crippen LogP contribution in [0.2, 0.25) is 0 Å². The summed E-state index contributed by atoms with van der Waals surface area (Å²) in [5.74, 6) is 2.47. The molecule has 1 aromatic heterocycles. The van der Waals surface area contributed by atoms with Crippen LogP contribution in [0.4, 0.5) is 17.5 Å². The summed E-state index contributed by atoms with van der Waals surface area (Å²) in [4.78, 5) is 27.2. The first-order valence-electron chi connectivity index (χ1n) is 12.9. The summed E-state index contributed by atoms with van der Waals surface area (Å²) in [6.07, 6.45) is 8.09. The zero-order valence-corrected chi connectivity index (χ0v) is 20.2. The summed E-state index contributed by atoms with van der Waals surface area (Å²) in [5.41, 5.74) is 1.48. The lowest BCUT2D eigenvalue weighted by molar-refractivity contribution is -0.123. The van der Waals surface area contributed by atoms with Crippen LogP contribution in [-0.2, 0) is 16.0 Å². The standard InChI is InChI=1S/C26H34N6O3/c33-24-26(9-10-27-24)17-19-18-28-25(30-23(19)32(26)21-3-1-2-4-21)29-20-5-7-22(8-6-20)35-16-13-31-11-14-34-15-12-31/h5-8,18,21H,1-4,9-17H2,(H,27,33)(H,28,29,30). The van der Waals surface area contributed by atoms with Crippen molar-refractivity contribution < 1.29 is 14.3 Å². The van der Waals surface area contributed by atoms with Gasteiger partial charge in [-0.25, -0.2) is 4.98 Å². The second kappa shape index (κ2) is 9.62. The van der Waals surface area contributed by atoms with E-state index >= 15 is 0 Å². The number of fused-ring (bicyclic) bond motifs is 1. The lowest BCUT2D eigenvalue weighted by Gasteiger charge is -2.38. The Bertz CT molecular complexity index is 1050. The molecule has 1 amide bonds. The van der Waals surface area contributed by atoms with Crippen molar-refractivity contribution in [3.05, 3.63) is 36.0 Å². The molecule has 6 rings (SSSR count). The van der Waals surface area contributed by atoms with Gasteiger partial charge in [0.25, 0.3) is 0 Å². The van der Waals surface area contributed by atoms with Crippen LogP contribution in [0, 0.1) is 0 Å². The summed E-state index contributed by atoms with van der Waals surface area (Å²) in [6, 6.07) is 8.29. The van der Waals surface area contributed by atoms with E-state index in [-0.39, 0.29) is 5.91 Å². The van der Waals surface area contributed by atoms with E-state index in [1.807, 2.05) is 30.5 Å². The number of nitrogens with zero attached hydrogens (tertiary/aromatic N) is 4. The van der Waals surface area contributed by atoms with Gasteiger partial charge in [0.1, 0.15) is 23.7 Å². The minimum absolute atomic E-state index is 0.140. The monoisotopic (exact) mass is 478 g/mol. The fourth-order valence-electron chi connectivity index (χ4n) is 6.02. The van der Waals surface area contributed by atoms with Crippen LogP contribution in [-0.4, -0.2) is 78.4 Å². The Morgan fingerprint density at radius 3 is 2.71 bits per heavy atom. The van der Waals surface area contributed by atoms with Gasteiger partial charge in [0.2, 0.25) is 11.9 Å². The molecule has 1 saturated carbocycles. The first-order chi connectivity index (χ1) is 17.2. The molecule has 3 fully saturated rings. The van der Waals surface area contributed by atoms with E-state index in [4.69, 9.17) is 14.5 Å². The molecule has 4 aliphatic rings. The molecule has 186 valence electrons. The number of ether oxygens (including phenoxy) is 2. The second-order valence-corrected chi connectivity index (χ2v) is 10.0. The van der Waals surface area contributed by atoms with Gasteiger partial charge in [-0.3, -0.25) is 9.69 Å². The molecule has 9 nitrogen and oxygen atoms in total. The Balaban J connectivity index is 1.13. The lowest BCUT2D eigenvalue weighted by Crippen LogP contribution is -2.56. The third kappa shape index (κ3) is 4.43. The number of rotatable bonds is 7. The number of aromatic nitrogens is 2. The highest BCUT2D eigenvalue weighted by Gasteiger charge is 2.55. The van der Waals surface area contributed by atoms with Crippen LogP contribution < -0.4 is 20.3 Å². The van der Waals surface area contributed by atoms with Gasteiger partial charge in [-0.1, -0.05) is 12.8 Å². The summed E-state index contributed by atoms with van der Waals surface area (Å²) in [7, 11) is 0. The Morgan fingerprint density at radius 2 is 1.97 bits per heavy atom. The molecule has 35 heavy (non-hydrogen) atoms. The molecule has 0 bridgehead atoms. The first-order valence-corrected chi connectivity index (χ1v) is 12.9. The quantitative estimate of drug-likeness (QED) is 0.627. The third-order valence-corrected chi connectivity index (χ3v) is 7.84. The maximum absolute atomic E-state index is 13.0. The van der Waals surface area contributed by atoms with Gasteiger partial charge in [-0.05, 0) is 43.5 Å². The van der Waals surface area contributed by atoms with E-state index in [1.165, 1.54) is 12.8 Å². The molecule has 2 saturated heterocycles. The molecule has 9 heteroatoms. The van der Waals surface area contributed by atoms with Gasteiger partial charge in [0.05, 0.1) is 13.2 Å². The van der Waals surface area contributed by atoms with Crippen LogP contribution in [0.1, 0.15) is 37.7 Å². The molecular weight excluding hydrogens is 444 g/mol. The van der Waals surface area contributed by atoms with Crippen LogP contribution in [0.3, 0.4) is 0 Å². The van der Waals surface area contributed by atoms with Crippen LogP contribution in [0.15, 0.2) is 30.5 Å². The molecule has 0 radical (unpaired) electrons. The maximum Gasteiger partial charge on any atom is 0.246 e. The summed E-state index contributed by atoms with van der Waals surface area (Å²) in [6.45, 7) is 5.84. The zero-order chi connectivity index (χ0) is 23.7. The highest BCUT2D eigenvalue weighted by molar-refractivity contribution is 5.94. The molecule has 3 aliphatic heterocycles. The summed E-state index contributed by atoms with van der Waals surface area (Å²) < 4.78 is 11.3. The van der Waals surface area contributed by atoms with Crippen molar-refractivity contribution >= 4 is 23.4 Å². The number of carbonyl (C=O) groups is 1. The van der Waals surface area contributed by atoms with E-state index in [0.29, 0.717) is 25.0 Å². The number of hydrogen-bond donors (Lipinski definition) is 2. The fraction of sp³-hybridized carbons (Fsp3) is 0.577. The van der Waals surface area contributed by atoms with Gasteiger partial charge in [0, 0.05) is 56.1 Å². The van der Waals surface area contributed by atoms with Crippen LogP contribution in [0.5, 0.6) is 5.75 Å². The predicted molar refractivity (Wildman–Crippen MR) is 133 cm³/mol. The highest BCUT2D eigenvalue weighted by Crippen LogP contribution is 2.46. The molecule has 1 spiro atoms. The molecule has 4 heterocycles. The molecule has 1 aliphatic carbocycles. The number of hydrogen-bond acceptors (Lipinski definition) is 8.